The molecule has 0 spiro atoms. The van der Waals surface area contributed by atoms with Crippen molar-refractivity contribution in [3.05, 3.63) is 45.0 Å². The van der Waals surface area contributed by atoms with E-state index in [4.69, 9.17) is 8.83 Å². The van der Waals surface area contributed by atoms with Crippen molar-refractivity contribution in [1.82, 2.24) is 5.32 Å². The Morgan fingerprint density at radius 3 is 2.45 bits per heavy atom. The second-order valence-electron chi connectivity index (χ2n) is 7.56. The summed E-state index contributed by atoms with van der Waals surface area (Å²) in [6.07, 6.45) is 0.539. The average molecular weight is 446 g/mol. The van der Waals surface area contributed by atoms with Crippen molar-refractivity contribution in [3.8, 4) is 0 Å². The molecular formula is C23H27NO6S. The minimum absolute atomic E-state index is 0.00784. The molecule has 31 heavy (non-hydrogen) atoms. The van der Waals surface area contributed by atoms with Gasteiger partial charge in [0.05, 0.1) is 0 Å². The second-order valence-corrected chi connectivity index (χ2v) is 8.96. The van der Waals surface area contributed by atoms with Crippen LogP contribution in [0.25, 0.3) is 21.9 Å². The number of furan rings is 1. The highest BCUT2D eigenvalue weighted by molar-refractivity contribution is 7.99. The molecule has 1 amide bonds. The van der Waals surface area contributed by atoms with Gasteiger partial charge in [0.2, 0.25) is 5.91 Å². The molecule has 8 heteroatoms. The Morgan fingerprint density at radius 2 is 1.77 bits per heavy atom. The molecule has 2 heterocycles. The largest absolute Gasteiger partial charge is 0.480 e. The monoisotopic (exact) mass is 445 g/mol. The summed E-state index contributed by atoms with van der Waals surface area (Å²) in [7, 11) is 0. The standard InChI is InChI=1S/C23H27NO6S/c1-5-31-9-8-18(22(26)27)24-21(25)7-6-15-13(3)17-10-16-12(2)14(4)29-19(16)11-20(17)30-23(15)28/h10-11,18H,5-9H2,1-4H3,(H,24,25)(H,26,27). The number of carboxylic acid groups (broad SMARTS) is 1. The number of fused-ring (bicyclic) bond motifs is 2. The third kappa shape index (κ3) is 4.95. The van der Waals surface area contributed by atoms with E-state index in [0.29, 0.717) is 28.9 Å². The zero-order valence-corrected chi connectivity index (χ0v) is 19.0. The van der Waals surface area contributed by atoms with E-state index in [0.717, 1.165) is 33.4 Å². The normalized spacial score (nSPS) is 12.4. The van der Waals surface area contributed by atoms with E-state index in [2.05, 4.69) is 5.32 Å². The van der Waals surface area contributed by atoms with Gasteiger partial charge in [0.1, 0.15) is 23.0 Å². The number of carbonyl (C=O) groups is 2. The number of nitrogens with one attached hydrogen (secondary N) is 1. The van der Waals surface area contributed by atoms with Crippen LogP contribution in [-0.2, 0) is 16.0 Å². The Balaban J connectivity index is 1.80. The summed E-state index contributed by atoms with van der Waals surface area (Å²) >= 11 is 1.62. The van der Waals surface area contributed by atoms with Crippen molar-refractivity contribution < 1.29 is 23.5 Å². The summed E-state index contributed by atoms with van der Waals surface area (Å²) in [6, 6.07) is 2.74. The first-order valence-electron chi connectivity index (χ1n) is 10.3. The highest BCUT2D eigenvalue weighted by Gasteiger charge is 2.21. The zero-order chi connectivity index (χ0) is 22.7. The summed E-state index contributed by atoms with van der Waals surface area (Å²) in [5, 5.41) is 13.6. The SMILES string of the molecule is CCSCCC(NC(=O)CCc1c(C)c2cc3c(C)c(C)oc3cc2oc1=O)C(=O)O. The predicted octanol–water partition coefficient (Wildman–Crippen LogP) is 4.11. The summed E-state index contributed by atoms with van der Waals surface area (Å²) in [5.41, 5.74) is 2.83. The third-order valence-corrected chi connectivity index (χ3v) is 6.51. The van der Waals surface area contributed by atoms with E-state index in [1.165, 1.54) is 0 Å². The summed E-state index contributed by atoms with van der Waals surface area (Å²) in [4.78, 5) is 36.3. The van der Waals surface area contributed by atoms with Crippen LogP contribution in [0.3, 0.4) is 0 Å². The third-order valence-electron chi connectivity index (χ3n) is 5.57. The number of amides is 1. The van der Waals surface area contributed by atoms with Gasteiger partial charge >= 0.3 is 11.6 Å². The lowest BCUT2D eigenvalue weighted by molar-refractivity contribution is -0.141. The van der Waals surface area contributed by atoms with Crippen LogP contribution in [-0.4, -0.2) is 34.5 Å². The summed E-state index contributed by atoms with van der Waals surface area (Å²) in [5.74, 6) is 0.905. The maximum atomic E-state index is 12.6. The van der Waals surface area contributed by atoms with Crippen LogP contribution in [0.15, 0.2) is 25.8 Å². The van der Waals surface area contributed by atoms with Crippen molar-refractivity contribution in [2.75, 3.05) is 11.5 Å². The van der Waals surface area contributed by atoms with Gasteiger partial charge in [0, 0.05) is 28.8 Å². The van der Waals surface area contributed by atoms with Gasteiger partial charge in [-0.15, -0.1) is 0 Å². The molecule has 3 rings (SSSR count). The van der Waals surface area contributed by atoms with Crippen molar-refractivity contribution in [1.29, 1.82) is 0 Å². The van der Waals surface area contributed by atoms with E-state index in [9.17, 15) is 19.5 Å². The van der Waals surface area contributed by atoms with E-state index < -0.39 is 23.5 Å². The average Bonchev–Trinajstić information content (AvgIpc) is 2.99. The van der Waals surface area contributed by atoms with Gasteiger partial charge in [-0.05, 0) is 62.3 Å². The lowest BCUT2D eigenvalue weighted by atomic mass is 10.00. The van der Waals surface area contributed by atoms with Crippen molar-refractivity contribution in [3.63, 3.8) is 0 Å². The number of thioether (sulfide) groups is 1. The van der Waals surface area contributed by atoms with Crippen molar-refractivity contribution >= 4 is 45.6 Å². The van der Waals surface area contributed by atoms with E-state index >= 15 is 0 Å². The lowest BCUT2D eigenvalue weighted by Gasteiger charge is -2.14. The molecule has 2 N–H and O–H groups in total. The molecule has 0 aliphatic heterocycles. The Kier molecular flexibility index (Phi) is 7.10. The summed E-state index contributed by atoms with van der Waals surface area (Å²) in [6.45, 7) is 7.70. The Morgan fingerprint density at radius 1 is 1.10 bits per heavy atom. The van der Waals surface area contributed by atoms with Crippen LogP contribution in [0, 0.1) is 20.8 Å². The second kappa shape index (κ2) is 9.60. The maximum Gasteiger partial charge on any atom is 0.339 e. The van der Waals surface area contributed by atoms with Gasteiger partial charge in [0.25, 0.3) is 0 Å². The number of benzene rings is 1. The Bertz CT molecular complexity index is 1190. The first kappa shape index (κ1) is 22.9. The minimum Gasteiger partial charge on any atom is -0.480 e. The molecule has 3 aromatic rings. The molecule has 1 atom stereocenters. The van der Waals surface area contributed by atoms with E-state index in [1.54, 1.807) is 17.8 Å². The smallest absolute Gasteiger partial charge is 0.339 e. The molecule has 0 bridgehead atoms. The Labute approximate surface area is 184 Å². The van der Waals surface area contributed by atoms with Crippen molar-refractivity contribution in [2.24, 2.45) is 0 Å². The van der Waals surface area contributed by atoms with Gasteiger partial charge in [-0.25, -0.2) is 9.59 Å². The first-order valence-corrected chi connectivity index (χ1v) is 11.4. The summed E-state index contributed by atoms with van der Waals surface area (Å²) < 4.78 is 11.2. The Hall–Kier alpha value is -2.74. The van der Waals surface area contributed by atoms with Gasteiger partial charge in [-0.2, -0.15) is 11.8 Å². The highest BCUT2D eigenvalue weighted by Crippen LogP contribution is 2.31. The fourth-order valence-electron chi connectivity index (χ4n) is 3.62. The fourth-order valence-corrected chi connectivity index (χ4v) is 4.31. The molecule has 0 radical (unpaired) electrons. The maximum absolute atomic E-state index is 12.6. The molecule has 0 saturated carbocycles. The van der Waals surface area contributed by atoms with Crippen LogP contribution in [0.2, 0.25) is 0 Å². The molecule has 166 valence electrons. The number of aryl methyl sites for hydroxylation is 3. The molecule has 0 saturated heterocycles. The van der Waals surface area contributed by atoms with Crippen LogP contribution in [0.4, 0.5) is 0 Å². The van der Waals surface area contributed by atoms with Gasteiger partial charge < -0.3 is 19.3 Å². The van der Waals surface area contributed by atoms with Crippen LogP contribution in [0.5, 0.6) is 0 Å². The van der Waals surface area contributed by atoms with Crippen molar-refractivity contribution in [2.45, 2.75) is 53.0 Å². The number of rotatable bonds is 9. The number of carbonyl (C=O) groups excluding carboxylic acids is 1. The molecular weight excluding hydrogens is 418 g/mol. The highest BCUT2D eigenvalue weighted by atomic mass is 32.2. The number of hydrogen-bond donors (Lipinski definition) is 2. The molecule has 1 unspecified atom stereocenters. The number of aliphatic carboxylic acids is 1. The molecule has 0 aliphatic carbocycles. The van der Waals surface area contributed by atoms with Gasteiger partial charge in [-0.3, -0.25) is 4.79 Å². The lowest BCUT2D eigenvalue weighted by Crippen LogP contribution is -2.41. The molecule has 1 aromatic carbocycles. The first-order chi connectivity index (χ1) is 14.7. The molecule has 2 aromatic heterocycles. The molecule has 0 aliphatic rings. The van der Waals surface area contributed by atoms with Crippen LogP contribution >= 0.6 is 11.8 Å². The van der Waals surface area contributed by atoms with E-state index in [1.807, 2.05) is 33.8 Å². The topological polar surface area (TPSA) is 110 Å². The zero-order valence-electron chi connectivity index (χ0n) is 18.2. The molecule has 0 fully saturated rings. The fraction of sp³-hybridized carbons (Fsp3) is 0.435. The molecule has 7 nitrogen and oxygen atoms in total. The number of carboxylic acids is 1. The van der Waals surface area contributed by atoms with Gasteiger partial charge in [-0.1, -0.05) is 6.92 Å². The quantitative estimate of drug-likeness (QED) is 0.377. The number of hydrogen-bond acceptors (Lipinski definition) is 6. The minimum atomic E-state index is -1.05. The van der Waals surface area contributed by atoms with Gasteiger partial charge in [0.15, 0.2) is 0 Å². The van der Waals surface area contributed by atoms with Crippen LogP contribution in [0.1, 0.15) is 42.2 Å². The van der Waals surface area contributed by atoms with Crippen LogP contribution < -0.4 is 10.9 Å². The predicted molar refractivity (Wildman–Crippen MR) is 122 cm³/mol. The van der Waals surface area contributed by atoms with E-state index in [-0.39, 0.29) is 12.8 Å².